The molecule has 0 amide bonds. The highest BCUT2D eigenvalue weighted by Crippen LogP contribution is 2.23. The summed E-state index contributed by atoms with van der Waals surface area (Å²) in [5.74, 6) is 0. The van der Waals surface area contributed by atoms with Crippen LogP contribution in [-0.4, -0.2) is 47.0 Å². The first-order valence-corrected chi connectivity index (χ1v) is 4.82. The van der Waals surface area contributed by atoms with Crippen molar-refractivity contribution in [3.63, 3.8) is 0 Å². The topological polar surface area (TPSA) is 43.7 Å². The molecule has 0 heterocycles. The number of nitrogens with zero attached hydrogens (tertiary/aromatic N) is 1. The molecule has 3 nitrogen and oxygen atoms in total. The Bertz CT molecular complexity index is 130. The van der Waals surface area contributed by atoms with E-state index in [0.29, 0.717) is 12.6 Å². The first-order chi connectivity index (χ1) is 5.79. The van der Waals surface area contributed by atoms with Crippen LogP contribution < -0.4 is 0 Å². The number of likely N-dealkylation sites (N-methyl/N-ethyl adjacent to an activating group) is 1. The van der Waals surface area contributed by atoms with Crippen LogP contribution in [0.3, 0.4) is 0 Å². The number of hydrogen-bond donors (Lipinski definition) is 2. The normalized spacial score (nSPS) is 30.0. The molecule has 1 aliphatic carbocycles. The van der Waals surface area contributed by atoms with Crippen molar-refractivity contribution in [3.05, 3.63) is 0 Å². The van der Waals surface area contributed by atoms with E-state index < -0.39 is 0 Å². The molecule has 1 rings (SSSR count). The van der Waals surface area contributed by atoms with Crippen LogP contribution in [0, 0.1) is 0 Å². The summed E-state index contributed by atoms with van der Waals surface area (Å²) >= 11 is 0. The van der Waals surface area contributed by atoms with Crippen molar-refractivity contribution in [1.82, 2.24) is 4.90 Å². The minimum Gasteiger partial charge on any atom is -0.395 e. The minimum atomic E-state index is -0.170. The van der Waals surface area contributed by atoms with E-state index in [-0.39, 0.29) is 12.7 Å². The molecule has 0 spiro atoms. The van der Waals surface area contributed by atoms with E-state index in [1.165, 1.54) is 0 Å². The van der Waals surface area contributed by atoms with Gasteiger partial charge in [-0.3, -0.25) is 4.90 Å². The van der Waals surface area contributed by atoms with Gasteiger partial charge in [-0.25, -0.2) is 0 Å². The van der Waals surface area contributed by atoms with Gasteiger partial charge < -0.3 is 10.2 Å². The lowest BCUT2D eigenvalue weighted by atomic mass is 10.2. The number of rotatable bonds is 4. The van der Waals surface area contributed by atoms with Crippen molar-refractivity contribution < 1.29 is 10.2 Å². The van der Waals surface area contributed by atoms with Crippen LogP contribution >= 0.6 is 0 Å². The lowest BCUT2D eigenvalue weighted by Crippen LogP contribution is -2.41. The largest absolute Gasteiger partial charge is 0.395 e. The predicted molar refractivity (Wildman–Crippen MR) is 48.0 cm³/mol. The van der Waals surface area contributed by atoms with Gasteiger partial charge in [-0.1, -0.05) is 6.92 Å². The van der Waals surface area contributed by atoms with Crippen LogP contribution in [0.2, 0.25) is 0 Å². The van der Waals surface area contributed by atoms with Gasteiger partial charge in [-0.15, -0.1) is 0 Å². The van der Waals surface area contributed by atoms with Crippen molar-refractivity contribution in [1.29, 1.82) is 0 Å². The number of hydrogen-bond acceptors (Lipinski definition) is 3. The molecule has 3 heteroatoms. The summed E-state index contributed by atoms with van der Waals surface area (Å²) in [5.41, 5.74) is 0. The first kappa shape index (κ1) is 9.96. The van der Waals surface area contributed by atoms with E-state index in [1.807, 2.05) is 0 Å². The molecule has 0 radical (unpaired) electrons. The summed E-state index contributed by atoms with van der Waals surface area (Å²) in [6.45, 7) is 3.87. The average molecular weight is 173 g/mol. The maximum Gasteiger partial charge on any atom is 0.0695 e. The monoisotopic (exact) mass is 173 g/mol. The van der Waals surface area contributed by atoms with Crippen LogP contribution in [0.5, 0.6) is 0 Å². The Hall–Kier alpha value is -0.120. The van der Waals surface area contributed by atoms with Gasteiger partial charge in [0.25, 0.3) is 0 Å². The molecule has 1 aliphatic rings. The molecular formula is C9H19NO2. The zero-order chi connectivity index (χ0) is 8.97. The highest BCUT2D eigenvalue weighted by atomic mass is 16.3. The van der Waals surface area contributed by atoms with Gasteiger partial charge in [0.2, 0.25) is 0 Å². The summed E-state index contributed by atoms with van der Waals surface area (Å²) in [7, 11) is 0. The fraction of sp³-hybridized carbons (Fsp3) is 1.00. The van der Waals surface area contributed by atoms with Gasteiger partial charge in [0.05, 0.1) is 12.7 Å². The Balaban J connectivity index is 2.41. The van der Waals surface area contributed by atoms with E-state index in [1.54, 1.807) is 0 Å². The third-order valence-electron chi connectivity index (χ3n) is 2.71. The third-order valence-corrected chi connectivity index (χ3v) is 2.71. The summed E-state index contributed by atoms with van der Waals surface area (Å²) in [4.78, 5) is 2.16. The minimum absolute atomic E-state index is 0.170. The number of aliphatic hydroxyl groups is 2. The van der Waals surface area contributed by atoms with Crippen LogP contribution in [-0.2, 0) is 0 Å². The first-order valence-electron chi connectivity index (χ1n) is 4.82. The highest BCUT2D eigenvalue weighted by molar-refractivity contribution is 4.84. The molecule has 0 aromatic heterocycles. The molecule has 72 valence electrons. The fourth-order valence-electron chi connectivity index (χ4n) is 2.03. The predicted octanol–water partition coefficient (Wildman–Crippen LogP) is 0.214. The van der Waals surface area contributed by atoms with Gasteiger partial charge in [-0.2, -0.15) is 0 Å². The van der Waals surface area contributed by atoms with E-state index in [0.717, 1.165) is 25.8 Å². The second kappa shape index (κ2) is 4.80. The van der Waals surface area contributed by atoms with Crippen molar-refractivity contribution in [2.75, 3.05) is 19.7 Å². The molecule has 2 atom stereocenters. The molecule has 1 fully saturated rings. The van der Waals surface area contributed by atoms with Gasteiger partial charge in [0.15, 0.2) is 0 Å². The van der Waals surface area contributed by atoms with E-state index in [2.05, 4.69) is 11.8 Å². The van der Waals surface area contributed by atoms with Crippen molar-refractivity contribution >= 4 is 0 Å². The van der Waals surface area contributed by atoms with Gasteiger partial charge in [-0.05, 0) is 25.8 Å². The molecule has 0 aliphatic heterocycles. The molecule has 1 saturated carbocycles. The SMILES string of the molecule is CCN(CCO)[C@H]1CCC[C@@H]1O. The molecule has 12 heavy (non-hydrogen) atoms. The second-order valence-electron chi connectivity index (χ2n) is 3.42. The smallest absolute Gasteiger partial charge is 0.0695 e. The molecule has 0 unspecified atom stereocenters. The molecule has 2 N–H and O–H groups in total. The zero-order valence-electron chi connectivity index (χ0n) is 7.74. The van der Waals surface area contributed by atoms with Gasteiger partial charge >= 0.3 is 0 Å². The Morgan fingerprint density at radius 1 is 1.42 bits per heavy atom. The third kappa shape index (κ3) is 2.19. The Morgan fingerprint density at radius 3 is 2.58 bits per heavy atom. The van der Waals surface area contributed by atoms with E-state index in [4.69, 9.17) is 5.11 Å². The molecule has 0 bridgehead atoms. The molecule has 0 aromatic carbocycles. The Morgan fingerprint density at radius 2 is 2.17 bits per heavy atom. The van der Waals surface area contributed by atoms with Crippen molar-refractivity contribution in [3.8, 4) is 0 Å². The van der Waals surface area contributed by atoms with Crippen molar-refractivity contribution in [2.45, 2.75) is 38.3 Å². The maximum atomic E-state index is 9.59. The van der Waals surface area contributed by atoms with Crippen LogP contribution in [0.4, 0.5) is 0 Å². The lowest BCUT2D eigenvalue weighted by Gasteiger charge is -2.28. The quantitative estimate of drug-likeness (QED) is 0.639. The summed E-state index contributed by atoms with van der Waals surface area (Å²) in [5, 5.41) is 18.4. The van der Waals surface area contributed by atoms with E-state index >= 15 is 0 Å². The lowest BCUT2D eigenvalue weighted by molar-refractivity contribution is 0.0627. The van der Waals surface area contributed by atoms with Gasteiger partial charge in [0.1, 0.15) is 0 Å². The summed E-state index contributed by atoms with van der Waals surface area (Å²) in [6.07, 6.45) is 2.95. The standard InChI is InChI=1S/C9H19NO2/c1-2-10(6-7-11)8-4-3-5-9(8)12/h8-9,11-12H,2-7H2,1H3/t8-,9-/m0/s1. The van der Waals surface area contributed by atoms with Crippen molar-refractivity contribution in [2.24, 2.45) is 0 Å². The van der Waals surface area contributed by atoms with Crippen LogP contribution in [0.25, 0.3) is 0 Å². The summed E-state index contributed by atoms with van der Waals surface area (Å²) < 4.78 is 0. The Kier molecular flexibility index (Phi) is 3.98. The summed E-state index contributed by atoms with van der Waals surface area (Å²) in [6, 6.07) is 0.294. The van der Waals surface area contributed by atoms with E-state index in [9.17, 15) is 5.11 Å². The zero-order valence-corrected chi connectivity index (χ0v) is 7.74. The molecular weight excluding hydrogens is 154 g/mol. The number of aliphatic hydroxyl groups excluding tert-OH is 2. The van der Waals surface area contributed by atoms with Gasteiger partial charge in [0, 0.05) is 12.6 Å². The Labute approximate surface area is 74.0 Å². The molecule has 0 saturated heterocycles. The maximum absolute atomic E-state index is 9.59. The second-order valence-corrected chi connectivity index (χ2v) is 3.42. The fourth-order valence-corrected chi connectivity index (χ4v) is 2.03. The average Bonchev–Trinajstić information content (AvgIpc) is 2.47. The van der Waals surface area contributed by atoms with Crippen LogP contribution in [0.15, 0.2) is 0 Å². The highest BCUT2D eigenvalue weighted by Gasteiger charge is 2.29. The van der Waals surface area contributed by atoms with Crippen LogP contribution in [0.1, 0.15) is 26.2 Å². The molecule has 0 aromatic rings.